The van der Waals surface area contributed by atoms with Crippen LogP contribution in [0.4, 0.5) is 10.6 Å². The molecule has 1 fully saturated rings. The molecule has 0 radical (unpaired) electrons. The van der Waals surface area contributed by atoms with Crippen molar-refractivity contribution in [2.45, 2.75) is 39.3 Å². The van der Waals surface area contributed by atoms with Gasteiger partial charge in [-0.15, -0.1) is 0 Å². The van der Waals surface area contributed by atoms with Gasteiger partial charge in [0.05, 0.1) is 18.2 Å². The van der Waals surface area contributed by atoms with E-state index in [1.807, 2.05) is 27.7 Å². The maximum absolute atomic E-state index is 12.2. The van der Waals surface area contributed by atoms with Crippen LogP contribution in [-0.4, -0.2) is 46.5 Å². The molecule has 0 unspecified atom stereocenters. The van der Waals surface area contributed by atoms with Crippen LogP contribution < -0.4 is 5.32 Å². The molecule has 2 rings (SSSR count). The van der Waals surface area contributed by atoms with Crippen molar-refractivity contribution in [1.29, 1.82) is 5.26 Å². The van der Waals surface area contributed by atoms with Crippen molar-refractivity contribution in [2.24, 2.45) is 0 Å². The molecule has 114 valence electrons. The average molecular weight is 291 g/mol. The number of morpholine rings is 1. The molecule has 0 saturated carbocycles. The molecule has 1 atom stereocenters. The molecule has 0 bridgehead atoms. The number of rotatable bonds is 1. The summed E-state index contributed by atoms with van der Waals surface area (Å²) in [6, 6.07) is 1.81. The first-order valence-corrected chi connectivity index (χ1v) is 6.99. The highest BCUT2D eigenvalue weighted by molar-refractivity contribution is 5.89. The number of aromatic nitrogens is 2. The Hall–Kier alpha value is -2.07. The zero-order chi connectivity index (χ0) is 15.6. The minimum atomic E-state index is -0.249. The van der Waals surface area contributed by atoms with Crippen molar-refractivity contribution in [2.75, 3.05) is 25.0 Å². The molecule has 1 aromatic rings. The van der Waals surface area contributed by atoms with Gasteiger partial charge < -0.3 is 9.64 Å². The molecule has 1 saturated heterocycles. The predicted molar refractivity (Wildman–Crippen MR) is 77.9 cm³/mol. The Balaban J connectivity index is 2.14. The first kappa shape index (κ1) is 15.3. The third kappa shape index (κ3) is 3.52. The maximum atomic E-state index is 12.2. The summed E-state index contributed by atoms with van der Waals surface area (Å²) in [5, 5.41) is 16.2. The first-order chi connectivity index (χ1) is 9.81. The SMILES string of the molecule is C[C@@H]1CN(C(=O)Nc2nn(C(C)(C)C)cc2C#N)CCO1. The number of carbonyl (C=O) groups is 1. The number of ether oxygens (including phenoxy) is 1. The van der Waals surface area contributed by atoms with Crippen LogP contribution in [0.5, 0.6) is 0 Å². The lowest BCUT2D eigenvalue weighted by Crippen LogP contribution is -2.46. The average Bonchev–Trinajstić information content (AvgIpc) is 2.81. The van der Waals surface area contributed by atoms with Crippen molar-refractivity contribution in [1.82, 2.24) is 14.7 Å². The van der Waals surface area contributed by atoms with Crippen LogP contribution in [0.3, 0.4) is 0 Å². The van der Waals surface area contributed by atoms with Gasteiger partial charge in [-0.25, -0.2) is 4.79 Å². The standard InChI is InChI=1S/C14H21N5O2/c1-10-8-18(5-6-21-10)13(20)16-12-11(7-15)9-19(17-12)14(2,3)4/h9-10H,5-6,8H2,1-4H3,(H,16,17,20)/t10-/m1/s1. The molecule has 2 amide bonds. The fourth-order valence-corrected chi connectivity index (χ4v) is 2.07. The Morgan fingerprint density at radius 2 is 2.29 bits per heavy atom. The van der Waals surface area contributed by atoms with Gasteiger partial charge in [-0.05, 0) is 27.7 Å². The Bertz CT molecular complexity index is 567. The Morgan fingerprint density at radius 3 is 2.86 bits per heavy atom. The fraction of sp³-hybridized carbons (Fsp3) is 0.643. The molecular weight excluding hydrogens is 270 g/mol. The number of hydrogen-bond donors (Lipinski definition) is 1. The topological polar surface area (TPSA) is 83.2 Å². The number of amides is 2. The molecule has 1 aromatic heterocycles. The molecule has 1 aliphatic heterocycles. The fourth-order valence-electron chi connectivity index (χ4n) is 2.07. The highest BCUT2D eigenvalue weighted by Gasteiger charge is 2.24. The van der Waals surface area contributed by atoms with Crippen molar-refractivity contribution >= 4 is 11.8 Å². The van der Waals surface area contributed by atoms with E-state index in [4.69, 9.17) is 4.74 Å². The molecule has 21 heavy (non-hydrogen) atoms. The summed E-state index contributed by atoms with van der Waals surface area (Å²) in [4.78, 5) is 13.9. The van der Waals surface area contributed by atoms with E-state index in [0.29, 0.717) is 31.1 Å². The number of urea groups is 1. The van der Waals surface area contributed by atoms with E-state index in [9.17, 15) is 10.1 Å². The summed E-state index contributed by atoms with van der Waals surface area (Å²) < 4.78 is 7.09. The summed E-state index contributed by atoms with van der Waals surface area (Å²) in [5.41, 5.74) is 0.113. The monoisotopic (exact) mass is 291 g/mol. The van der Waals surface area contributed by atoms with Gasteiger partial charge in [0.1, 0.15) is 11.6 Å². The van der Waals surface area contributed by atoms with Gasteiger partial charge in [-0.1, -0.05) is 0 Å². The summed E-state index contributed by atoms with van der Waals surface area (Å²) in [5.74, 6) is 0.302. The zero-order valence-electron chi connectivity index (χ0n) is 12.9. The summed E-state index contributed by atoms with van der Waals surface area (Å²) >= 11 is 0. The Morgan fingerprint density at radius 1 is 1.57 bits per heavy atom. The minimum Gasteiger partial charge on any atom is -0.375 e. The zero-order valence-corrected chi connectivity index (χ0v) is 12.9. The summed E-state index contributed by atoms with van der Waals surface area (Å²) in [6.45, 7) is 9.47. The van der Waals surface area contributed by atoms with Gasteiger partial charge in [-0.2, -0.15) is 10.4 Å². The molecule has 1 N–H and O–H groups in total. The van der Waals surface area contributed by atoms with Crippen LogP contribution in [0.2, 0.25) is 0 Å². The highest BCUT2D eigenvalue weighted by Crippen LogP contribution is 2.19. The van der Waals surface area contributed by atoms with Crippen molar-refractivity contribution in [3.63, 3.8) is 0 Å². The molecule has 1 aliphatic rings. The van der Waals surface area contributed by atoms with Crippen molar-refractivity contribution < 1.29 is 9.53 Å². The van der Waals surface area contributed by atoms with E-state index >= 15 is 0 Å². The van der Waals surface area contributed by atoms with Crippen molar-refractivity contribution in [3.8, 4) is 6.07 Å². The second-order valence-electron chi connectivity index (χ2n) is 6.18. The molecule has 0 aromatic carbocycles. The van der Waals surface area contributed by atoms with E-state index in [2.05, 4.69) is 16.5 Å². The van der Waals surface area contributed by atoms with Gasteiger partial charge in [0, 0.05) is 19.3 Å². The van der Waals surface area contributed by atoms with E-state index in [0.717, 1.165) is 0 Å². The van der Waals surface area contributed by atoms with E-state index in [1.165, 1.54) is 0 Å². The summed E-state index contributed by atoms with van der Waals surface area (Å²) in [6.07, 6.45) is 1.67. The van der Waals surface area contributed by atoms with Crippen LogP contribution in [0.15, 0.2) is 6.20 Å². The number of nitriles is 1. The smallest absolute Gasteiger partial charge is 0.323 e. The lowest BCUT2D eigenvalue weighted by atomic mass is 10.1. The van der Waals surface area contributed by atoms with Gasteiger partial charge in [-0.3, -0.25) is 10.00 Å². The number of carbonyl (C=O) groups excluding carboxylic acids is 1. The number of nitrogens with one attached hydrogen (secondary N) is 1. The number of hydrogen-bond acceptors (Lipinski definition) is 4. The van der Waals surface area contributed by atoms with E-state index in [-0.39, 0.29) is 17.7 Å². The first-order valence-electron chi connectivity index (χ1n) is 6.99. The quantitative estimate of drug-likeness (QED) is 0.854. The van der Waals surface area contributed by atoms with Crippen LogP contribution in [0, 0.1) is 11.3 Å². The van der Waals surface area contributed by atoms with Gasteiger partial charge in [0.25, 0.3) is 0 Å². The predicted octanol–water partition coefficient (Wildman–Crippen LogP) is 1.76. The Kier molecular flexibility index (Phi) is 4.19. The number of nitrogens with zero attached hydrogens (tertiary/aromatic N) is 4. The molecule has 0 spiro atoms. The second kappa shape index (κ2) is 5.74. The van der Waals surface area contributed by atoms with Crippen LogP contribution in [0.1, 0.15) is 33.3 Å². The van der Waals surface area contributed by atoms with Crippen LogP contribution >= 0.6 is 0 Å². The van der Waals surface area contributed by atoms with Crippen LogP contribution in [0.25, 0.3) is 0 Å². The van der Waals surface area contributed by atoms with E-state index < -0.39 is 0 Å². The molecular formula is C14H21N5O2. The van der Waals surface area contributed by atoms with E-state index in [1.54, 1.807) is 15.8 Å². The lowest BCUT2D eigenvalue weighted by molar-refractivity contribution is -0.00140. The van der Waals surface area contributed by atoms with Crippen LogP contribution in [-0.2, 0) is 10.3 Å². The van der Waals surface area contributed by atoms with Gasteiger partial charge >= 0.3 is 6.03 Å². The van der Waals surface area contributed by atoms with Gasteiger partial charge in [0.15, 0.2) is 5.82 Å². The van der Waals surface area contributed by atoms with Crippen molar-refractivity contribution in [3.05, 3.63) is 11.8 Å². The normalized spacial score (nSPS) is 19.2. The molecule has 7 nitrogen and oxygen atoms in total. The second-order valence-corrected chi connectivity index (χ2v) is 6.18. The summed E-state index contributed by atoms with van der Waals surface area (Å²) in [7, 11) is 0. The maximum Gasteiger partial charge on any atom is 0.323 e. The minimum absolute atomic E-state index is 0.0204. The highest BCUT2D eigenvalue weighted by atomic mass is 16.5. The molecule has 0 aliphatic carbocycles. The van der Waals surface area contributed by atoms with Gasteiger partial charge in [0.2, 0.25) is 0 Å². The largest absolute Gasteiger partial charge is 0.375 e. The third-order valence-electron chi connectivity index (χ3n) is 3.28. The molecule has 7 heteroatoms. The number of anilines is 1. The third-order valence-corrected chi connectivity index (χ3v) is 3.28. The Labute approximate surface area is 124 Å². The lowest BCUT2D eigenvalue weighted by Gasteiger charge is -2.30. The molecule has 2 heterocycles.